The summed E-state index contributed by atoms with van der Waals surface area (Å²) in [5, 5.41) is 3.62. The summed E-state index contributed by atoms with van der Waals surface area (Å²) in [4.78, 5) is 16.8. The van der Waals surface area contributed by atoms with E-state index in [1.165, 1.54) is 12.8 Å². The zero-order valence-corrected chi connectivity index (χ0v) is 14.0. The molecule has 2 atom stereocenters. The topological polar surface area (TPSA) is 44.8 Å². The van der Waals surface area contributed by atoms with Crippen LogP contribution < -0.4 is 5.32 Å². The number of rotatable bonds is 1. The first kappa shape index (κ1) is 15.1. The molecule has 1 aliphatic carbocycles. The fourth-order valence-corrected chi connectivity index (χ4v) is 3.88. The molecule has 3 rings (SSSR count). The molecule has 0 aromatic heterocycles. The zero-order valence-electron chi connectivity index (χ0n) is 14.0. The normalized spacial score (nSPS) is 32.9. The van der Waals surface area contributed by atoms with Gasteiger partial charge in [0.2, 0.25) is 0 Å². The average molecular weight is 295 g/mol. The summed E-state index contributed by atoms with van der Waals surface area (Å²) >= 11 is 0. The van der Waals surface area contributed by atoms with Crippen molar-refractivity contribution >= 4 is 6.09 Å². The van der Waals surface area contributed by atoms with Crippen molar-refractivity contribution < 1.29 is 9.53 Å². The Kier molecular flexibility index (Phi) is 3.49. The van der Waals surface area contributed by atoms with Crippen LogP contribution in [0.5, 0.6) is 0 Å². The van der Waals surface area contributed by atoms with E-state index in [-0.39, 0.29) is 11.6 Å². The van der Waals surface area contributed by atoms with Gasteiger partial charge in [0.05, 0.1) is 5.54 Å². The lowest BCUT2D eigenvalue weighted by Gasteiger charge is -2.62. The van der Waals surface area contributed by atoms with Gasteiger partial charge >= 0.3 is 6.09 Å². The van der Waals surface area contributed by atoms with E-state index < -0.39 is 5.60 Å². The molecule has 1 unspecified atom stereocenters. The van der Waals surface area contributed by atoms with E-state index >= 15 is 0 Å². The lowest BCUT2D eigenvalue weighted by molar-refractivity contribution is -0.114. The minimum atomic E-state index is -0.417. The molecule has 1 saturated carbocycles. The van der Waals surface area contributed by atoms with Crippen LogP contribution >= 0.6 is 0 Å². The molecule has 5 nitrogen and oxygen atoms in total. The molecule has 5 heteroatoms. The van der Waals surface area contributed by atoms with Gasteiger partial charge in [0, 0.05) is 37.8 Å². The van der Waals surface area contributed by atoms with Crippen molar-refractivity contribution in [3.63, 3.8) is 0 Å². The fraction of sp³-hybridized carbons (Fsp3) is 0.938. The third-order valence-electron chi connectivity index (χ3n) is 5.04. The predicted molar refractivity (Wildman–Crippen MR) is 82.3 cm³/mol. The number of hydrogen-bond donors (Lipinski definition) is 1. The van der Waals surface area contributed by atoms with Gasteiger partial charge in [0.25, 0.3) is 0 Å². The minimum absolute atomic E-state index is 0.107. The zero-order chi connectivity index (χ0) is 15.4. The average Bonchev–Trinajstić information content (AvgIpc) is 3.10. The smallest absolute Gasteiger partial charge is 0.410 e. The number of carbonyl (C=O) groups is 1. The number of piperazine rings is 1. The molecular formula is C16H29N3O2. The third kappa shape index (κ3) is 2.66. The first-order valence-corrected chi connectivity index (χ1v) is 8.23. The summed E-state index contributed by atoms with van der Waals surface area (Å²) in [6.45, 7) is 12.9. The predicted octanol–water partition coefficient (Wildman–Crippen LogP) is 1.82. The molecule has 3 aliphatic rings. The summed E-state index contributed by atoms with van der Waals surface area (Å²) < 4.78 is 5.50. The van der Waals surface area contributed by atoms with Gasteiger partial charge in [-0.25, -0.2) is 4.79 Å². The van der Waals surface area contributed by atoms with Crippen LogP contribution in [0.15, 0.2) is 0 Å². The summed E-state index contributed by atoms with van der Waals surface area (Å²) in [6.07, 6.45) is 2.45. The molecule has 120 valence electrons. The quantitative estimate of drug-likeness (QED) is 0.801. The molecule has 0 aromatic carbocycles. The van der Waals surface area contributed by atoms with Gasteiger partial charge in [-0.2, -0.15) is 0 Å². The van der Waals surface area contributed by atoms with Crippen LogP contribution in [0.4, 0.5) is 4.79 Å². The van der Waals surface area contributed by atoms with Crippen LogP contribution in [0.3, 0.4) is 0 Å². The van der Waals surface area contributed by atoms with Crippen molar-refractivity contribution in [2.45, 2.75) is 76.7 Å². The van der Waals surface area contributed by atoms with E-state index in [0.717, 1.165) is 25.7 Å². The molecule has 2 aliphatic heterocycles. The number of carbonyl (C=O) groups excluding carboxylic acids is 1. The molecule has 2 heterocycles. The number of nitrogens with zero attached hydrogens (tertiary/aromatic N) is 2. The highest BCUT2D eigenvalue weighted by molar-refractivity contribution is 5.70. The largest absolute Gasteiger partial charge is 0.444 e. The molecule has 0 aromatic rings. The monoisotopic (exact) mass is 295 g/mol. The Bertz CT molecular complexity index is 422. The van der Waals surface area contributed by atoms with Gasteiger partial charge in [-0.1, -0.05) is 0 Å². The molecule has 2 saturated heterocycles. The molecular weight excluding hydrogens is 266 g/mol. The Morgan fingerprint density at radius 3 is 2.38 bits per heavy atom. The van der Waals surface area contributed by atoms with Crippen LogP contribution in [0.25, 0.3) is 0 Å². The molecule has 1 N–H and O–H groups in total. The third-order valence-corrected chi connectivity index (χ3v) is 5.04. The molecule has 0 radical (unpaired) electrons. The maximum Gasteiger partial charge on any atom is 0.410 e. The van der Waals surface area contributed by atoms with Gasteiger partial charge < -0.3 is 15.0 Å². The van der Waals surface area contributed by atoms with Crippen molar-refractivity contribution in [2.24, 2.45) is 0 Å². The number of amides is 1. The van der Waals surface area contributed by atoms with Crippen molar-refractivity contribution in [3.05, 3.63) is 0 Å². The highest BCUT2D eigenvalue weighted by Gasteiger charge is 2.59. The number of likely N-dealkylation sites (tertiary alicyclic amines) is 1. The fourth-order valence-electron chi connectivity index (χ4n) is 3.88. The first-order valence-electron chi connectivity index (χ1n) is 8.23. The highest BCUT2D eigenvalue weighted by Crippen LogP contribution is 2.43. The summed E-state index contributed by atoms with van der Waals surface area (Å²) in [7, 11) is 0. The molecule has 3 fully saturated rings. The standard InChI is InChI=1S/C16H29N3O2/c1-11-8-17-12(2)16(19(11)13-6-7-13)9-18(10-16)14(20)21-15(3,4)5/h11-13,17H,6-10H2,1-5H3/t11-,12?/m1/s1. The van der Waals surface area contributed by atoms with Crippen LogP contribution in [-0.2, 0) is 4.74 Å². The molecule has 1 amide bonds. The van der Waals surface area contributed by atoms with Crippen molar-refractivity contribution in [2.75, 3.05) is 19.6 Å². The minimum Gasteiger partial charge on any atom is -0.444 e. The van der Waals surface area contributed by atoms with E-state index in [2.05, 4.69) is 24.1 Å². The van der Waals surface area contributed by atoms with Crippen molar-refractivity contribution in [1.82, 2.24) is 15.1 Å². The van der Waals surface area contributed by atoms with Crippen LogP contribution in [0.1, 0.15) is 47.5 Å². The molecule has 21 heavy (non-hydrogen) atoms. The van der Waals surface area contributed by atoms with Gasteiger partial charge in [0.1, 0.15) is 5.60 Å². The second kappa shape index (κ2) is 4.85. The number of nitrogens with one attached hydrogen (secondary N) is 1. The summed E-state index contributed by atoms with van der Waals surface area (Å²) in [5.74, 6) is 0. The first-order chi connectivity index (χ1) is 9.73. The Labute approximate surface area is 128 Å². The van der Waals surface area contributed by atoms with E-state index in [9.17, 15) is 4.79 Å². The lowest BCUT2D eigenvalue weighted by Crippen LogP contribution is -2.82. The molecule has 0 bridgehead atoms. The lowest BCUT2D eigenvalue weighted by atomic mass is 9.78. The van der Waals surface area contributed by atoms with Gasteiger partial charge in [-0.15, -0.1) is 0 Å². The summed E-state index contributed by atoms with van der Waals surface area (Å²) in [6, 6.07) is 1.70. The molecule has 1 spiro atoms. The van der Waals surface area contributed by atoms with Gasteiger partial charge in [-0.3, -0.25) is 4.90 Å². The highest BCUT2D eigenvalue weighted by atomic mass is 16.6. The maximum atomic E-state index is 12.2. The van der Waals surface area contributed by atoms with Crippen molar-refractivity contribution in [3.8, 4) is 0 Å². The SMILES string of the molecule is CC1NC[C@@H](C)N(C2CC2)C12CN(C(=O)OC(C)(C)C)C2. The van der Waals surface area contributed by atoms with Crippen LogP contribution in [-0.4, -0.2) is 64.8 Å². The Balaban J connectivity index is 1.69. The second-order valence-electron chi connectivity index (χ2n) is 8.06. The van der Waals surface area contributed by atoms with Crippen LogP contribution in [0.2, 0.25) is 0 Å². The Morgan fingerprint density at radius 2 is 1.86 bits per heavy atom. The van der Waals surface area contributed by atoms with Gasteiger partial charge in [0.15, 0.2) is 0 Å². The second-order valence-corrected chi connectivity index (χ2v) is 8.06. The van der Waals surface area contributed by atoms with E-state index in [1.807, 2.05) is 25.7 Å². The van der Waals surface area contributed by atoms with E-state index in [0.29, 0.717) is 12.1 Å². The van der Waals surface area contributed by atoms with Crippen molar-refractivity contribution in [1.29, 1.82) is 0 Å². The van der Waals surface area contributed by atoms with Gasteiger partial charge in [-0.05, 0) is 47.5 Å². The van der Waals surface area contributed by atoms with E-state index in [4.69, 9.17) is 4.74 Å². The summed E-state index contributed by atoms with van der Waals surface area (Å²) in [5.41, 5.74) is -0.310. The van der Waals surface area contributed by atoms with Crippen LogP contribution in [0, 0.1) is 0 Å². The number of ether oxygens (including phenoxy) is 1. The van der Waals surface area contributed by atoms with E-state index in [1.54, 1.807) is 0 Å². The number of hydrogen-bond acceptors (Lipinski definition) is 4. The Morgan fingerprint density at radius 1 is 1.24 bits per heavy atom. The maximum absolute atomic E-state index is 12.2. The Hall–Kier alpha value is -0.810.